The van der Waals surface area contributed by atoms with Gasteiger partial charge in [-0.25, -0.2) is 0 Å². The molecule has 6 heteroatoms. The number of hydrogen-bond acceptors (Lipinski definition) is 3. The predicted octanol–water partition coefficient (Wildman–Crippen LogP) is 2.43. The van der Waals surface area contributed by atoms with Gasteiger partial charge < -0.3 is 5.11 Å². The smallest absolute Gasteiger partial charge is 0.269 e. The zero-order valence-corrected chi connectivity index (χ0v) is 8.44. The summed E-state index contributed by atoms with van der Waals surface area (Å²) < 4.78 is 0. The second kappa shape index (κ2) is 4.59. The molecule has 1 aromatic rings. The number of aliphatic hydroxyl groups is 1. The Morgan fingerprint density at radius 1 is 1.43 bits per heavy atom. The first kappa shape index (κ1) is 11.2. The van der Waals surface area contributed by atoms with E-state index in [4.69, 9.17) is 23.2 Å². The van der Waals surface area contributed by atoms with Crippen LogP contribution in [0, 0.1) is 10.1 Å². The number of rotatable bonds is 3. The van der Waals surface area contributed by atoms with Crippen molar-refractivity contribution >= 4 is 28.9 Å². The molecule has 14 heavy (non-hydrogen) atoms. The lowest BCUT2D eigenvalue weighted by atomic mass is 10.1. The van der Waals surface area contributed by atoms with Gasteiger partial charge in [0.1, 0.15) is 10.9 Å². The Morgan fingerprint density at radius 3 is 2.57 bits per heavy atom. The van der Waals surface area contributed by atoms with Crippen molar-refractivity contribution in [3.8, 4) is 0 Å². The van der Waals surface area contributed by atoms with Crippen molar-refractivity contribution in [1.29, 1.82) is 0 Å². The van der Waals surface area contributed by atoms with Crippen LogP contribution in [-0.4, -0.2) is 14.9 Å². The van der Waals surface area contributed by atoms with Crippen LogP contribution >= 0.6 is 23.2 Å². The second-order valence-electron chi connectivity index (χ2n) is 2.63. The molecule has 0 saturated heterocycles. The Labute approximate surface area is 90.2 Å². The summed E-state index contributed by atoms with van der Waals surface area (Å²) in [5, 5.41) is 19.8. The van der Waals surface area contributed by atoms with Gasteiger partial charge in [0.25, 0.3) is 5.69 Å². The number of hydrogen-bond donors (Lipinski definition) is 1. The molecule has 0 saturated carbocycles. The quantitative estimate of drug-likeness (QED) is 0.498. The summed E-state index contributed by atoms with van der Waals surface area (Å²) in [6.07, 6.45) is -1.11. The van der Waals surface area contributed by atoms with Crippen molar-refractivity contribution in [2.75, 3.05) is 0 Å². The molecule has 1 N–H and O–H groups in total. The maximum atomic E-state index is 10.4. The largest absolute Gasteiger partial charge is 0.386 e. The van der Waals surface area contributed by atoms with E-state index in [1.807, 2.05) is 0 Å². The fourth-order valence-corrected chi connectivity index (χ4v) is 1.26. The van der Waals surface area contributed by atoms with E-state index < -0.39 is 15.9 Å². The second-order valence-corrected chi connectivity index (χ2v) is 3.80. The highest BCUT2D eigenvalue weighted by atomic mass is 35.5. The molecule has 4 nitrogen and oxygen atoms in total. The molecular formula is C8H7Cl2NO3. The average Bonchev–Trinajstić information content (AvgIpc) is 2.16. The van der Waals surface area contributed by atoms with Gasteiger partial charge >= 0.3 is 0 Å². The van der Waals surface area contributed by atoms with Crippen LogP contribution in [0.25, 0.3) is 0 Å². The summed E-state index contributed by atoms with van der Waals surface area (Å²) in [6, 6.07) is 5.55. The van der Waals surface area contributed by atoms with Crippen LogP contribution in [0.2, 0.25) is 0 Å². The van der Waals surface area contributed by atoms with Crippen molar-refractivity contribution in [3.63, 3.8) is 0 Å². The van der Waals surface area contributed by atoms with Crippen LogP contribution in [-0.2, 0) is 0 Å². The highest BCUT2D eigenvalue weighted by molar-refractivity contribution is 6.44. The summed E-state index contributed by atoms with van der Waals surface area (Å²) in [6.45, 7) is 0. The van der Waals surface area contributed by atoms with E-state index in [9.17, 15) is 15.2 Å². The standard InChI is InChI=1S/C8H7Cl2NO3/c9-8(10)7(12)5-2-1-3-6(4-5)11(13)14/h1-4,7-8,12H/t7-/m1/s1. The minimum atomic E-state index is -1.11. The lowest BCUT2D eigenvalue weighted by Crippen LogP contribution is -2.06. The molecule has 0 bridgehead atoms. The maximum Gasteiger partial charge on any atom is 0.269 e. The molecule has 0 fully saturated rings. The Morgan fingerprint density at radius 2 is 2.07 bits per heavy atom. The molecule has 0 radical (unpaired) electrons. The van der Waals surface area contributed by atoms with Crippen LogP contribution in [0.5, 0.6) is 0 Å². The SMILES string of the molecule is O=[N+]([O-])c1cccc([C@@H](O)C(Cl)Cl)c1. The number of nitro groups is 1. The summed E-state index contributed by atoms with van der Waals surface area (Å²) in [5.74, 6) is 0. The molecule has 76 valence electrons. The Balaban J connectivity index is 2.99. The van der Waals surface area contributed by atoms with Crippen LogP contribution in [0.4, 0.5) is 5.69 Å². The van der Waals surface area contributed by atoms with Gasteiger partial charge in [-0.15, -0.1) is 23.2 Å². The van der Waals surface area contributed by atoms with Gasteiger partial charge in [-0.05, 0) is 5.56 Å². The van der Waals surface area contributed by atoms with Crippen LogP contribution in [0.3, 0.4) is 0 Å². The van der Waals surface area contributed by atoms with E-state index in [2.05, 4.69) is 0 Å². The zero-order chi connectivity index (χ0) is 10.7. The number of aliphatic hydroxyl groups excluding tert-OH is 1. The number of nitro benzene ring substituents is 1. The monoisotopic (exact) mass is 235 g/mol. The Kier molecular flexibility index (Phi) is 3.69. The van der Waals surface area contributed by atoms with Gasteiger partial charge in [0.2, 0.25) is 0 Å². The van der Waals surface area contributed by atoms with E-state index in [0.29, 0.717) is 5.56 Å². The fourth-order valence-electron chi connectivity index (χ4n) is 0.968. The predicted molar refractivity (Wildman–Crippen MR) is 53.6 cm³/mol. The Hall–Kier alpha value is -0.840. The molecule has 1 aromatic carbocycles. The minimum absolute atomic E-state index is 0.101. The molecule has 1 rings (SSSR count). The first-order valence-electron chi connectivity index (χ1n) is 3.73. The van der Waals surface area contributed by atoms with Crippen molar-refractivity contribution < 1.29 is 10.0 Å². The summed E-state index contributed by atoms with van der Waals surface area (Å²) >= 11 is 10.9. The van der Waals surface area contributed by atoms with E-state index >= 15 is 0 Å². The minimum Gasteiger partial charge on any atom is -0.386 e. The zero-order valence-electron chi connectivity index (χ0n) is 6.93. The summed E-state index contributed by atoms with van der Waals surface area (Å²) in [5.41, 5.74) is 0.227. The van der Waals surface area contributed by atoms with E-state index in [0.717, 1.165) is 0 Å². The number of halogens is 2. The van der Waals surface area contributed by atoms with Gasteiger partial charge in [-0.2, -0.15) is 0 Å². The summed E-state index contributed by atoms with van der Waals surface area (Å²) in [7, 11) is 0. The van der Waals surface area contributed by atoms with Gasteiger partial charge in [0.05, 0.1) is 4.92 Å². The lowest BCUT2D eigenvalue weighted by Gasteiger charge is -2.10. The molecule has 0 unspecified atom stereocenters. The third-order valence-corrected chi connectivity index (χ3v) is 2.14. The molecule has 0 aromatic heterocycles. The molecule has 0 aliphatic rings. The van der Waals surface area contributed by atoms with Crippen molar-refractivity contribution in [1.82, 2.24) is 0 Å². The van der Waals surface area contributed by atoms with Gasteiger partial charge in [0, 0.05) is 12.1 Å². The topological polar surface area (TPSA) is 63.4 Å². The molecule has 0 spiro atoms. The number of benzene rings is 1. The first-order chi connectivity index (χ1) is 6.52. The third kappa shape index (κ3) is 2.57. The number of alkyl halides is 2. The number of non-ortho nitro benzene ring substituents is 1. The molecule has 0 amide bonds. The van der Waals surface area contributed by atoms with Crippen LogP contribution in [0.15, 0.2) is 24.3 Å². The molecular weight excluding hydrogens is 229 g/mol. The van der Waals surface area contributed by atoms with Gasteiger partial charge in [-0.1, -0.05) is 12.1 Å². The summed E-state index contributed by atoms with van der Waals surface area (Å²) in [4.78, 5) is 8.85. The highest BCUT2D eigenvalue weighted by Gasteiger charge is 2.17. The van der Waals surface area contributed by atoms with Gasteiger partial charge in [-0.3, -0.25) is 10.1 Å². The average molecular weight is 236 g/mol. The van der Waals surface area contributed by atoms with Gasteiger partial charge in [0.15, 0.2) is 0 Å². The lowest BCUT2D eigenvalue weighted by molar-refractivity contribution is -0.385. The van der Waals surface area contributed by atoms with E-state index in [-0.39, 0.29) is 5.69 Å². The molecule has 1 atom stereocenters. The van der Waals surface area contributed by atoms with E-state index in [1.165, 1.54) is 24.3 Å². The highest BCUT2D eigenvalue weighted by Crippen LogP contribution is 2.26. The fraction of sp³-hybridized carbons (Fsp3) is 0.250. The third-order valence-electron chi connectivity index (χ3n) is 1.66. The van der Waals surface area contributed by atoms with E-state index in [1.54, 1.807) is 0 Å². The number of nitrogens with zero attached hydrogens (tertiary/aromatic N) is 1. The van der Waals surface area contributed by atoms with Crippen LogP contribution in [0.1, 0.15) is 11.7 Å². The molecule has 0 aliphatic heterocycles. The molecule has 0 aliphatic carbocycles. The molecule has 0 heterocycles. The van der Waals surface area contributed by atoms with Crippen LogP contribution < -0.4 is 0 Å². The maximum absolute atomic E-state index is 10.4. The van der Waals surface area contributed by atoms with Crippen molar-refractivity contribution in [2.24, 2.45) is 0 Å². The normalized spacial score (nSPS) is 12.9. The van der Waals surface area contributed by atoms with Crippen molar-refractivity contribution in [2.45, 2.75) is 10.9 Å². The Bertz CT molecular complexity index is 343. The first-order valence-corrected chi connectivity index (χ1v) is 4.60. The van der Waals surface area contributed by atoms with Crippen molar-refractivity contribution in [3.05, 3.63) is 39.9 Å².